The van der Waals surface area contributed by atoms with E-state index in [1.54, 1.807) is 11.8 Å². The van der Waals surface area contributed by atoms with Crippen molar-refractivity contribution in [2.45, 2.75) is 44.4 Å². The topological polar surface area (TPSA) is 82.2 Å². The Morgan fingerprint density at radius 2 is 2.08 bits per heavy atom. The van der Waals surface area contributed by atoms with Crippen LogP contribution in [0.3, 0.4) is 0 Å². The highest BCUT2D eigenvalue weighted by Crippen LogP contribution is 2.19. The molecule has 2 atom stereocenters. The number of carbonyl (C=O) groups is 2. The first-order valence-electron chi connectivity index (χ1n) is 8.22. The Hall–Kier alpha value is -1.95. The minimum Gasteiger partial charge on any atom is -0.480 e. The SMILES string of the molecule is CCCCSC(C)C(=O)NC(Cc1c[nH]c2ccccc12)C(=O)O. The number of hydrogen-bond acceptors (Lipinski definition) is 3. The van der Waals surface area contributed by atoms with Crippen LogP contribution in [-0.2, 0) is 16.0 Å². The van der Waals surface area contributed by atoms with Gasteiger partial charge >= 0.3 is 5.97 Å². The van der Waals surface area contributed by atoms with Gasteiger partial charge in [-0.25, -0.2) is 4.79 Å². The molecule has 0 spiro atoms. The predicted octanol–water partition coefficient (Wildman–Crippen LogP) is 3.20. The van der Waals surface area contributed by atoms with Gasteiger partial charge in [0.2, 0.25) is 5.91 Å². The number of rotatable bonds is 9. The van der Waals surface area contributed by atoms with Crippen molar-refractivity contribution in [3.63, 3.8) is 0 Å². The number of amides is 1. The Balaban J connectivity index is 2.02. The van der Waals surface area contributed by atoms with E-state index < -0.39 is 12.0 Å². The van der Waals surface area contributed by atoms with Crippen LogP contribution in [0.4, 0.5) is 0 Å². The van der Waals surface area contributed by atoms with E-state index in [-0.39, 0.29) is 17.6 Å². The molecule has 0 fully saturated rings. The molecule has 0 saturated carbocycles. The van der Waals surface area contributed by atoms with Crippen molar-refractivity contribution in [2.75, 3.05) is 5.75 Å². The summed E-state index contributed by atoms with van der Waals surface area (Å²) in [7, 11) is 0. The first-order chi connectivity index (χ1) is 11.5. The average molecular weight is 348 g/mol. The number of carbonyl (C=O) groups excluding carboxylic acids is 1. The normalized spacial score (nSPS) is 13.6. The van der Waals surface area contributed by atoms with Gasteiger partial charge in [0.15, 0.2) is 0 Å². The summed E-state index contributed by atoms with van der Waals surface area (Å²) in [5.41, 5.74) is 1.86. The van der Waals surface area contributed by atoms with Gasteiger partial charge in [0, 0.05) is 23.5 Å². The van der Waals surface area contributed by atoms with E-state index in [9.17, 15) is 14.7 Å². The summed E-state index contributed by atoms with van der Waals surface area (Å²) in [5, 5.41) is 12.9. The lowest BCUT2D eigenvalue weighted by atomic mass is 10.0. The molecule has 0 aliphatic heterocycles. The van der Waals surface area contributed by atoms with Crippen LogP contribution < -0.4 is 5.32 Å². The number of aromatic amines is 1. The summed E-state index contributed by atoms with van der Waals surface area (Å²) in [6.07, 6.45) is 4.21. The van der Waals surface area contributed by atoms with Gasteiger partial charge in [0.1, 0.15) is 6.04 Å². The lowest BCUT2D eigenvalue weighted by molar-refractivity contribution is -0.141. The summed E-state index contributed by atoms with van der Waals surface area (Å²) in [5.74, 6) is -0.326. The quantitative estimate of drug-likeness (QED) is 0.608. The number of H-pyrrole nitrogens is 1. The molecular formula is C18H24N2O3S. The maximum absolute atomic E-state index is 12.2. The van der Waals surface area contributed by atoms with E-state index in [4.69, 9.17) is 0 Å². The van der Waals surface area contributed by atoms with Crippen molar-refractivity contribution in [1.82, 2.24) is 10.3 Å². The van der Waals surface area contributed by atoms with Crippen LogP contribution in [-0.4, -0.2) is 39.0 Å². The average Bonchev–Trinajstić information content (AvgIpc) is 2.97. The molecule has 2 rings (SSSR count). The molecule has 2 aromatic rings. The summed E-state index contributed by atoms with van der Waals surface area (Å²) < 4.78 is 0. The molecule has 1 aromatic heterocycles. The number of para-hydroxylation sites is 1. The highest BCUT2D eigenvalue weighted by atomic mass is 32.2. The minimum atomic E-state index is -1.01. The van der Waals surface area contributed by atoms with E-state index in [2.05, 4.69) is 17.2 Å². The van der Waals surface area contributed by atoms with Gasteiger partial charge in [0.25, 0.3) is 0 Å². The third-order valence-corrected chi connectivity index (χ3v) is 5.19. The zero-order valence-electron chi connectivity index (χ0n) is 14.0. The van der Waals surface area contributed by atoms with Gasteiger partial charge in [-0.3, -0.25) is 4.79 Å². The highest BCUT2D eigenvalue weighted by molar-refractivity contribution is 8.00. The number of hydrogen-bond donors (Lipinski definition) is 3. The smallest absolute Gasteiger partial charge is 0.326 e. The molecule has 5 nitrogen and oxygen atoms in total. The molecule has 0 radical (unpaired) electrons. The van der Waals surface area contributed by atoms with Gasteiger partial charge in [-0.2, -0.15) is 0 Å². The second-order valence-electron chi connectivity index (χ2n) is 5.83. The number of carboxylic acids is 1. The molecule has 0 aliphatic carbocycles. The largest absolute Gasteiger partial charge is 0.480 e. The van der Waals surface area contributed by atoms with E-state index >= 15 is 0 Å². The van der Waals surface area contributed by atoms with E-state index in [0.29, 0.717) is 0 Å². The van der Waals surface area contributed by atoms with Crippen molar-refractivity contribution in [2.24, 2.45) is 0 Å². The molecule has 1 aromatic carbocycles. The number of nitrogens with one attached hydrogen (secondary N) is 2. The Kier molecular flexibility index (Phi) is 6.73. The number of benzene rings is 1. The van der Waals surface area contributed by atoms with E-state index in [1.165, 1.54) is 0 Å². The fourth-order valence-electron chi connectivity index (χ4n) is 2.49. The molecule has 1 amide bonds. The molecule has 0 bridgehead atoms. The Morgan fingerprint density at radius 3 is 2.79 bits per heavy atom. The second-order valence-corrected chi connectivity index (χ2v) is 7.28. The van der Waals surface area contributed by atoms with Crippen LogP contribution in [0.1, 0.15) is 32.3 Å². The molecule has 3 N–H and O–H groups in total. The molecular weight excluding hydrogens is 324 g/mol. The molecule has 130 valence electrons. The maximum atomic E-state index is 12.2. The molecule has 6 heteroatoms. The lowest BCUT2D eigenvalue weighted by Gasteiger charge is -2.17. The predicted molar refractivity (Wildman–Crippen MR) is 98.4 cm³/mol. The van der Waals surface area contributed by atoms with Crippen LogP contribution in [0.15, 0.2) is 30.5 Å². The summed E-state index contributed by atoms with van der Waals surface area (Å²) in [6, 6.07) is 6.81. The Bertz CT molecular complexity index is 698. The monoisotopic (exact) mass is 348 g/mol. The maximum Gasteiger partial charge on any atom is 0.326 e. The molecule has 0 aliphatic rings. The summed E-state index contributed by atoms with van der Waals surface area (Å²) >= 11 is 1.56. The van der Waals surface area contributed by atoms with Crippen LogP contribution in [0.5, 0.6) is 0 Å². The van der Waals surface area contributed by atoms with Crippen LogP contribution in [0.25, 0.3) is 10.9 Å². The molecule has 0 saturated heterocycles. The molecule has 2 unspecified atom stereocenters. The van der Waals surface area contributed by atoms with E-state index in [0.717, 1.165) is 35.1 Å². The zero-order chi connectivity index (χ0) is 17.5. The number of aliphatic carboxylic acids is 1. The fourth-order valence-corrected chi connectivity index (χ4v) is 3.52. The third-order valence-electron chi connectivity index (χ3n) is 3.95. The van der Waals surface area contributed by atoms with E-state index in [1.807, 2.05) is 37.4 Å². The van der Waals surface area contributed by atoms with Gasteiger partial charge in [0.05, 0.1) is 5.25 Å². The van der Waals surface area contributed by atoms with Crippen LogP contribution in [0.2, 0.25) is 0 Å². The number of thioether (sulfide) groups is 1. The van der Waals surface area contributed by atoms with Crippen molar-refractivity contribution in [3.8, 4) is 0 Å². The molecule has 24 heavy (non-hydrogen) atoms. The number of fused-ring (bicyclic) bond motifs is 1. The van der Waals surface area contributed by atoms with Crippen molar-refractivity contribution >= 4 is 34.5 Å². The fraction of sp³-hybridized carbons (Fsp3) is 0.444. The summed E-state index contributed by atoms with van der Waals surface area (Å²) in [6.45, 7) is 3.92. The van der Waals surface area contributed by atoms with Gasteiger partial charge in [-0.1, -0.05) is 31.5 Å². The van der Waals surface area contributed by atoms with Gasteiger partial charge in [-0.15, -0.1) is 11.8 Å². The summed E-state index contributed by atoms with van der Waals surface area (Å²) in [4.78, 5) is 26.9. The first kappa shape index (κ1) is 18.4. The van der Waals surface area contributed by atoms with Crippen LogP contribution >= 0.6 is 11.8 Å². The van der Waals surface area contributed by atoms with Gasteiger partial charge in [-0.05, 0) is 30.7 Å². The zero-order valence-corrected chi connectivity index (χ0v) is 14.9. The van der Waals surface area contributed by atoms with Crippen molar-refractivity contribution in [1.29, 1.82) is 0 Å². The van der Waals surface area contributed by atoms with Crippen molar-refractivity contribution in [3.05, 3.63) is 36.0 Å². The Labute approximate surface area is 146 Å². The van der Waals surface area contributed by atoms with Crippen LogP contribution in [0, 0.1) is 0 Å². The lowest BCUT2D eigenvalue weighted by Crippen LogP contribution is -2.45. The highest BCUT2D eigenvalue weighted by Gasteiger charge is 2.24. The molecule has 1 heterocycles. The van der Waals surface area contributed by atoms with Gasteiger partial charge < -0.3 is 15.4 Å². The standard InChI is InChI=1S/C18H24N2O3S/c1-3-4-9-24-12(2)17(21)20-16(18(22)23)10-13-11-19-15-8-6-5-7-14(13)15/h5-8,11-12,16,19H,3-4,9-10H2,1-2H3,(H,20,21)(H,22,23). The number of carboxylic acid groups (broad SMARTS) is 1. The second kappa shape index (κ2) is 8.78. The third kappa shape index (κ3) is 4.77. The first-order valence-corrected chi connectivity index (χ1v) is 9.27. The minimum absolute atomic E-state index is 0.219. The Morgan fingerprint density at radius 1 is 1.33 bits per heavy atom. The number of aromatic nitrogens is 1. The number of unbranched alkanes of at least 4 members (excludes halogenated alkanes) is 1. The van der Waals surface area contributed by atoms with Crippen molar-refractivity contribution < 1.29 is 14.7 Å².